The zero-order valence-corrected chi connectivity index (χ0v) is 14.6. The van der Waals surface area contributed by atoms with Gasteiger partial charge < -0.3 is 0 Å². The number of unbranched alkanes of at least 4 members (excludes halogenated alkanes) is 5. The lowest BCUT2D eigenvalue weighted by Gasteiger charge is -2.34. The maximum atomic E-state index is 11.8. The maximum absolute atomic E-state index is 11.8. The van der Waals surface area contributed by atoms with Crippen LogP contribution < -0.4 is 22.0 Å². The van der Waals surface area contributed by atoms with Gasteiger partial charge in [-0.3, -0.25) is 31.1 Å². The Morgan fingerprint density at radius 1 is 0.789 bits per heavy atom. The standard InChI is InChI=1S/C9H26N4O2P2S2/c10-16(11,14)9(19,17(12,13)15)7-5-3-1-2-4-6-8-18/h18-19H,1-8H2,(H4,10,11,14)(H4,12,13,15). The van der Waals surface area contributed by atoms with E-state index < -0.39 is 19.1 Å². The second-order valence-electron chi connectivity index (χ2n) is 4.79. The van der Waals surface area contributed by atoms with Crippen molar-refractivity contribution in [1.82, 2.24) is 0 Å². The fourth-order valence-corrected chi connectivity index (χ4v) is 5.13. The summed E-state index contributed by atoms with van der Waals surface area (Å²) < 4.78 is 22.0. The van der Waals surface area contributed by atoms with E-state index in [1.165, 1.54) is 0 Å². The van der Waals surface area contributed by atoms with Gasteiger partial charge in [0.05, 0.1) is 0 Å². The van der Waals surface area contributed by atoms with Gasteiger partial charge in [-0.15, -0.1) is 0 Å². The second kappa shape index (κ2) is 8.44. The Morgan fingerprint density at radius 2 is 1.16 bits per heavy atom. The van der Waals surface area contributed by atoms with Crippen LogP contribution in [0.1, 0.15) is 44.9 Å². The monoisotopic (exact) mass is 348 g/mol. The predicted molar refractivity (Wildman–Crippen MR) is 89.9 cm³/mol. The van der Waals surface area contributed by atoms with Crippen LogP contribution in [0, 0.1) is 0 Å². The van der Waals surface area contributed by atoms with Gasteiger partial charge >= 0.3 is 0 Å². The lowest BCUT2D eigenvalue weighted by atomic mass is 10.1. The van der Waals surface area contributed by atoms with Gasteiger partial charge in [0.15, 0.2) is 4.23 Å². The molecular weight excluding hydrogens is 322 g/mol. The smallest absolute Gasteiger partial charge is 0.231 e. The average Bonchev–Trinajstić information content (AvgIpc) is 2.24. The summed E-state index contributed by atoms with van der Waals surface area (Å²) in [5, 5.41) is 0. The van der Waals surface area contributed by atoms with Gasteiger partial charge in [0.25, 0.3) is 0 Å². The van der Waals surface area contributed by atoms with Gasteiger partial charge in [-0.1, -0.05) is 32.1 Å². The van der Waals surface area contributed by atoms with Gasteiger partial charge in [0, 0.05) is 0 Å². The molecule has 116 valence electrons. The van der Waals surface area contributed by atoms with Crippen molar-refractivity contribution in [3.63, 3.8) is 0 Å². The van der Waals surface area contributed by atoms with E-state index >= 15 is 0 Å². The Bertz CT molecular complexity index is 336. The van der Waals surface area contributed by atoms with Crippen LogP contribution in [0.4, 0.5) is 0 Å². The molecule has 0 saturated carbocycles. The minimum Gasteiger partial charge on any atom is -0.288 e. The highest BCUT2D eigenvalue weighted by molar-refractivity contribution is 8.04. The molecule has 0 amide bonds. The van der Waals surface area contributed by atoms with E-state index in [2.05, 4.69) is 25.3 Å². The molecule has 0 aliphatic rings. The third kappa shape index (κ3) is 6.53. The second-order valence-corrected chi connectivity index (χ2v) is 11.4. The highest BCUT2D eigenvalue weighted by atomic mass is 32.1. The van der Waals surface area contributed by atoms with Crippen LogP contribution in [-0.4, -0.2) is 9.98 Å². The molecule has 0 fully saturated rings. The van der Waals surface area contributed by atoms with Crippen molar-refractivity contribution in [3.8, 4) is 0 Å². The van der Waals surface area contributed by atoms with Crippen molar-refractivity contribution in [3.05, 3.63) is 0 Å². The molecule has 0 atom stereocenters. The molecule has 0 aromatic rings. The van der Waals surface area contributed by atoms with Crippen molar-refractivity contribution < 1.29 is 9.13 Å². The molecule has 0 spiro atoms. The number of rotatable bonds is 10. The highest BCUT2D eigenvalue weighted by Crippen LogP contribution is 2.66. The third-order valence-electron chi connectivity index (χ3n) is 3.04. The zero-order chi connectivity index (χ0) is 15.2. The molecule has 0 saturated heterocycles. The zero-order valence-electron chi connectivity index (χ0n) is 11.1. The Kier molecular flexibility index (Phi) is 8.89. The summed E-state index contributed by atoms with van der Waals surface area (Å²) in [7, 11) is -7.47. The van der Waals surface area contributed by atoms with E-state index in [-0.39, 0.29) is 6.42 Å². The molecule has 0 unspecified atom stereocenters. The van der Waals surface area contributed by atoms with E-state index in [0.717, 1.165) is 37.9 Å². The molecule has 10 heteroatoms. The van der Waals surface area contributed by atoms with E-state index in [4.69, 9.17) is 22.0 Å². The largest absolute Gasteiger partial charge is 0.288 e. The quantitative estimate of drug-likeness (QED) is 0.204. The summed E-state index contributed by atoms with van der Waals surface area (Å²) in [4.78, 5) is 0. The lowest BCUT2D eigenvalue weighted by molar-refractivity contribution is 0.538. The Morgan fingerprint density at radius 3 is 1.53 bits per heavy atom. The first-order chi connectivity index (χ1) is 8.56. The summed E-state index contributed by atoms with van der Waals surface area (Å²) in [6.07, 6.45) is 6.07. The summed E-state index contributed by atoms with van der Waals surface area (Å²) in [5.41, 5.74) is 21.6. The van der Waals surface area contributed by atoms with Crippen LogP contribution in [0.5, 0.6) is 0 Å². The van der Waals surface area contributed by atoms with Gasteiger partial charge in [0.1, 0.15) is 0 Å². The van der Waals surface area contributed by atoms with Gasteiger partial charge in [-0.25, -0.2) is 0 Å². The summed E-state index contributed by atoms with van der Waals surface area (Å²) in [6.45, 7) is 0. The van der Waals surface area contributed by atoms with Gasteiger partial charge in [0.2, 0.25) is 14.9 Å². The van der Waals surface area contributed by atoms with Crippen LogP contribution in [0.3, 0.4) is 0 Å². The topological polar surface area (TPSA) is 138 Å². The molecule has 0 aliphatic heterocycles. The fourth-order valence-electron chi connectivity index (χ4n) is 1.77. The Labute approximate surface area is 126 Å². The van der Waals surface area contributed by atoms with Gasteiger partial charge in [-0.05, 0) is 18.6 Å². The van der Waals surface area contributed by atoms with Gasteiger partial charge in [-0.2, -0.15) is 25.3 Å². The SMILES string of the molecule is NP(N)(=O)C(S)(CCCCCCCCS)P(N)(N)=O. The van der Waals surface area contributed by atoms with Crippen molar-refractivity contribution in [2.45, 2.75) is 49.2 Å². The van der Waals surface area contributed by atoms with E-state index in [9.17, 15) is 9.13 Å². The molecule has 0 rings (SSSR count). The van der Waals surface area contributed by atoms with Crippen molar-refractivity contribution in [2.24, 2.45) is 22.0 Å². The molecule has 0 aromatic carbocycles. The molecular formula is C9H26N4O2P2S2. The summed E-state index contributed by atoms with van der Waals surface area (Å²) in [6, 6.07) is 0. The molecule has 0 heterocycles. The molecule has 0 bridgehead atoms. The normalized spacial score (nSPS) is 13.8. The lowest BCUT2D eigenvalue weighted by Crippen LogP contribution is -2.36. The van der Waals surface area contributed by atoms with Crippen LogP contribution in [0.25, 0.3) is 0 Å². The molecule has 0 aliphatic carbocycles. The summed E-state index contributed by atoms with van der Waals surface area (Å²) in [5.74, 6) is 0.896. The number of hydrogen-bond donors (Lipinski definition) is 6. The third-order valence-corrected chi connectivity index (χ3v) is 10.0. The van der Waals surface area contributed by atoms with Crippen LogP contribution in [-0.2, 0) is 9.13 Å². The fraction of sp³-hybridized carbons (Fsp3) is 1.00. The number of thiol groups is 2. The van der Waals surface area contributed by atoms with Crippen LogP contribution in [0.2, 0.25) is 0 Å². The number of nitrogens with two attached hydrogens (primary N) is 4. The van der Waals surface area contributed by atoms with Crippen LogP contribution in [0.15, 0.2) is 0 Å². The molecule has 19 heavy (non-hydrogen) atoms. The first-order valence-electron chi connectivity index (χ1n) is 6.24. The molecule has 6 nitrogen and oxygen atoms in total. The van der Waals surface area contributed by atoms with Crippen molar-refractivity contribution in [1.29, 1.82) is 0 Å². The first kappa shape index (κ1) is 20.0. The minimum atomic E-state index is -3.73. The van der Waals surface area contributed by atoms with E-state index in [1.54, 1.807) is 0 Å². The Hall–Kier alpha value is 1.00. The maximum Gasteiger partial charge on any atom is 0.231 e. The summed E-state index contributed by atoms with van der Waals surface area (Å²) >= 11 is 8.24. The number of hydrogen-bond acceptors (Lipinski definition) is 4. The van der Waals surface area contributed by atoms with Crippen molar-refractivity contribution in [2.75, 3.05) is 5.75 Å². The highest BCUT2D eigenvalue weighted by Gasteiger charge is 2.51. The van der Waals surface area contributed by atoms with E-state index in [1.807, 2.05) is 0 Å². The average molecular weight is 348 g/mol. The van der Waals surface area contributed by atoms with Crippen molar-refractivity contribution >= 4 is 40.1 Å². The first-order valence-corrected chi connectivity index (χ1v) is 11.0. The molecule has 0 radical (unpaired) electrons. The minimum absolute atomic E-state index is 0.192. The Balaban J connectivity index is 4.26. The molecule has 8 N–H and O–H groups in total. The van der Waals surface area contributed by atoms with Crippen LogP contribution >= 0.6 is 40.1 Å². The molecule has 0 aromatic heterocycles. The van der Waals surface area contributed by atoms with E-state index in [0.29, 0.717) is 6.42 Å². The predicted octanol–water partition coefficient (Wildman–Crippen LogP) is 2.45.